The van der Waals surface area contributed by atoms with Gasteiger partial charge in [0.05, 0.1) is 5.41 Å². The van der Waals surface area contributed by atoms with Crippen LogP contribution < -0.4 is 5.73 Å². The lowest BCUT2D eigenvalue weighted by atomic mass is 9.85. The molecule has 3 unspecified atom stereocenters. The summed E-state index contributed by atoms with van der Waals surface area (Å²) in [6, 6.07) is 0.112. The molecule has 2 fully saturated rings. The summed E-state index contributed by atoms with van der Waals surface area (Å²) in [5.74, 6) is 1.37. The first kappa shape index (κ1) is 13.1. The van der Waals surface area contributed by atoms with Gasteiger partial charge >= 0.3 is 0 Å². The van der Waals surface area contributed by atoms with Gasteiger partial charge in [-0.05, 0) is 46.0 Å². The van der Waals surface area contributed by atoms with Crippen LogP contribution in [0.1, 0.15) is 64.1 Å². The molecule has 1 saturated carbocycles. The largest absolute Gasteiger partial charge is 0.367 e. The summed E-state index contributed by atoms with van der Waals surface area (Å²) in [6.07, 6.45) is 6.40. The molecule has 1 aromatic rings. The van der Waals surface area contributed by atoms with Crippen LogP contribution in [0.4, 0.5) is 0 Å². The summed E-state index contributed by atoms with van der Waals surface area (Å²) in [5.41, 5.74) is 5.65. The van der Waals surface area contributed by atoms with Crippen LogP contribution in [0.5, 0.6) is 0 Å². The van der Waals surface area contributed by atoms with E-state index < -0.39 is 0 Å². The Morgan fingerprint density at radius 3 is 2.68 bits per heavy atom. The molecule has 2 N–H and O–H groups in total. The van der Waals surface area contributed by atoms with E-state index in [4.69, 9.17) is 15.0 Å². The molecule has 3 atom stereocenters. The quantitative estimate of drug-likeness (QED) is 0.887. The molecule has 0 spiro atoms. The standard InChI is InChI=1S/C14H23N3O2/c1-13(7-5-6-10(13)15)12-16-11(17-19-12)14(2)8-3-4-9-18-14/h10H,3-9,15H2,1-2H3. The van der Waals surface area contributed by atoms with Crippen LogP contribution in [0.25, 0.3) is 0 Å². The predicted molar refractivity (Wildman–Crippen MR) is 70.6 cm³/mol. The van der Waals surface area contributed by atoms with Gasteiger partial charge in [0.25, 0.3) is 0 Å². The molecule has 1 aromatic heterocycles. The van der Waals surface area contributed by atoms with Gasteiger partial charge in [0.15, 0.2) is 0 Å². The summed E-state index contributed by atoms with van der Waals surface area (Å²) in [4.78, 5) is 4.63. The predicted octanol–water partition coefficient (Wildman–Crippen LogP) is 2.25. The van der Waals surface area contributed by atoms with E-state index in [1.165, 1.54) is 0 Å². The van der Waals surface area contributed by atoms with Crippen molar-refractivity contribution in [3.05, 3.63) is 11.7 Å². The molecule has 1 aliphatic carbocycles. The summed E-state index contributed by atoms with van der Waals surface area (Å²) in [7, 11) is 0. The lowest BCUT2D eigenvalue weighted by Crippen LogP contribution is -2.38. The van der Waals surface area contributed by atoms with Gasteiger partial charge in [-0.1, -0.05) is 11.6 Å². The average Bonchev–Trinajstić information content (AvgIpc) is 3.00. The minimum atomic E-state index is -0.390. The highest BCUT2D eigenvalue weighted by Crippen LogP contribution is 2.40. The molecule has 0 aromatic carbocycles. The van der Waals surface area contributed by atoms with Gasteiger partial charge in [-0.2, -0.15) is 4.98 Å². The Morgan fingerprint density at radius 2 is 2.05 bits per heavy atom. The van der Waals surface area contributed by atoms with Crippen LogP contribution in [0, 0.1) is 0 Å². The molecule has 2 heterocycles. The lowest BCUT2D eigenvalue weighted by Gasteiger charge is -2.30. The van der Waals surface area contributed by atoms with Crippen LogP contribution in [-0.2, 0) is 15.8 Å². The van der Waals surface area contributed by atoms with Crippen LogP contribution in [-0.4, -0.2) is 22.8 Å². The van der Waals surface area contributed by atoms with E-state index in [9.17, 15) is 0 Å². The molecule has 1 aliphatic heterocycles. The monoisotopic (exact) mass is 265 g/mol. The Morgan fingerprint density at radius 1 is 1.21 bits per heavy atom. The molecule has 5 nitrogen and oxygen atoms in total. The first-order chi connectivity index (χ1) is 9.05. The number of hydrogen-bond acceptors (Lipinski definition) is 5. The number of aromatic nitrogens is 2. The van der Waals surface area contributed by atoms with Crippen molar-refractivity contribution in [2.45, 2.75) is 69.4 Å². The maximum Gasteiger partial charge on any atom is 0.234 e. The molecule has 0 amide bonds. The first-order valence-electron chi connectivity index (χ1n) is 7.29. The zero-order valence-electron chi connectivity index (χ0n) is 11.8. The zero-order valence-corrected chi connectivity index (χ0v) is 11.8. The molecule has 0 radical (unpaired) electrons. The van der Waals surface area contributed by atoms with Gasteiger partial charge in [0.2, 0.25) is 11.7 Å². The molecule has 106 valence electrons. The van der Waals surface area contributed by atoms with Gasteiger partial charge < -0.3 is 15.0 Å². The molecular weight excluding hydrogens is 242 g/mol. The van der Waals surface area contributed by atoms with Gasteiger partial charge in [0.1, 0.15) is 5.60 Å². The maximum atomic E-state index is 6.21. The Labute approximate surface area is 113 Å². The second kappa shape index (κ2) is 4.56. The van der Waals surface area contributed by atoms with Crippen molar-refractivity contribution < 1.29 is 9.26 Å². The highest BCUT2D eigenvalue weighted by atomic mass is 16.5. The third kappa shape index (κ3) is 2.09. The average molecular weight is 265 g/mol. The van der Waals surface area contributed by atoms with Crippen molar-refractivity contribution in [3.63, 3.8) is 0 Å². The SMILES string of the molecule is CC1(c2noc(C3(C)CCCC3N)n2)CCCCO1. The van der Waals surface area contributed by atoms with E-state index in [1.54, 1.807) is 0 Å². The van der Waals surface area contributed by atoms with Gasteiger partial charge in [0, 0.05) is 12.6 Å². The highest BCUT2D eigenvalue weighted by Gasteiger charge is 2.44. The molecule has 5 heteroatoms. The van der Waals surface area contributed by atoms with E-state index in [2.05, 4.69) is 24.0 Å². The molecule has 0 bridgehead atoms. The Bertz CT molecular complexity index is 453. The van der Waals surface area contributed by atoms with Gasteiger partial charge in [-0.25, -0.2) is 0 Å². The second-order valence-electron chi connectivity index (χ2n) is 6.38. The molecular formula is C14H23N3O2. The fraction of sp³-hybridized carbons (Fsp3) is 0.857. The van der Waals surface area contributed by atoms with Crippen molar-refractivity contribution in [2.24, 2.45) is 5.73 Å². The Balaban J connectivity index is 1.87. The van der Waals surface area contributed by atoms with Crippen LogP contribution in [0.15, 0.2) is 4.52 Å². The summed E-state index contributed by atoms with van der Waals surface area (Å²) >= 11 is 0. The summed E-state index contributed by atoms with van der Waals surface area (Å²) in [5, 5.41) is 4.17. The van der Waals surface area contributed by atoms with E-state index >= 15 is 0 Å². The minimum absolute atomic E-state index is 0.112. The summed E-state index contributed by atoms with van der Waals surface area (Å²) in [6.45, 7) is 4.96. The van der Waals surface area contributed by atoms with Crippen LogP contribution in [0.3, 0.4) is 0 Å². The van der Waals surface area contributed by atoms with E-state index in [-0.39, 0.29) is 17.1 Å². The number of nitrogens with two attached hydrogens (primary N) is 1. The minimum Gasteiger partial charge on any atom is -0.367 e. The number of rotatable bonds is 2. The molecule has 2 aliphatic rings. The zero-order chi connectivity index (χ0) is 13.5. The van der Waals surface area contributed by atoms with Crippen molar-refractivity contribution in [2.75, 3.05) is 6.61 Å². The Kier molecular flexibility index (Phi) is 3.14. The van der Waals surface area contributed by atoms with Crippen molar-refractivity contribution in [1.29, 1.82) is 0 Å². The van der Waals surface area contributed by atoms with Crippen molar-refractivity contribution in [1.82, 2.24) is 10.1 Å². The number of ether oxygens (including phenoxy) is 1. The Hall–Kier alpha value is -0.940. The van der Waals surface area contributed by atoms with E-state index in [0.717, 1.165) is 45.1 Å². The number of hydrogen-bond donors (Lipinski definition) is 1. The normalized spacial score (nSPS) is 39.6. The maximum absolute atomic E-state index is 6.21. The molecule has 19 heavy (non-hydrogen) atoms. The fourth-order valence-electron chi connectivity index (χ4n) is 3.24. The van der Waals surface area contributed by atoms with E-state index in [0.29, 0.717) is 11.7 Å². The topological polar surface area (TPSA) is 74.2 Å². The highest BCUT2D eigenvalue weighted by molar-refractivity contribution is 5.13. The molecule has 3 rings (SSSR count). The number of nitrogens with zero attached hydrogens (tertiary/aromatic N) is 2. The fourth-order valence-corrected chi connectivity index (χ4v) is 3.24. The van der Waals surface area contributed by atoms with E-state index in [1.807, 2.05) is 0 Å². The van der Waals surface area contributed by atoms with Crippen molar-refractivity contribution >= 4 is 0 Å². The third-order valence-corrected chi connectivity index (χ3v) is 4.89. The van der Waals surface area contributed by atoms with Crippen LogP contribution >= 0.6 is 0 Å². The molecule has 1 saturated heterocycles. The van der Waals surface area contributed by atoms with Crippen molar-refractivity contribution in [3.8, 4) is 0 Å². The van der Waals surface area contributed by atoms with Gasteiger partial charge in [-0.3, -0.25) is 0 Å². The van der Waals surface area contributed by atoms with Crippen LogP contribution in [0.2, 0.25) is 0 Å². The second-order valence-corrected chi connectivity index (χ2v) is 6.38. The van der Waals surface area contributed by atoms with Gasteiger partial charge in [-0.15, -0.1) is 0 Å². The smallest absolute Gasteiger partial charge is 0.234 e. The third-order valence-electron chi connectivity index (χ3n) is 4.89. The lowest BCUT2D eigenvalue weighted by molar-refractivity contribution is -0.0770. The first-order valence-corrected chi connectivity index (χ1v) is 7.29. The summed E-state index contributed by atoms with van der Waals surface area (Å²) < 4.78 is 11.4.